The van der Waals surface area contributed by atoms with Gasteiger partial charge in [-0.25, -0.2) is 0 Å². The Morgan fingerprint density at radius 2 is 0.653 bits per heavy atom. The van der Waals surface area contributed by atoms with E-state index in [0.717, 1.165) is 217 Å². The molecule has 618 valence electrons. The number of halogens is 1. The molecule has 12 nitrogen and oxygen atoms in total. The highest BCUT2D eigenvalue weighted by Crippen LogP contribution is 2.46. The first-order valence-electron chi connectivity index (χ1n) is 43.2. The third-order valence-electron chi connectivity index (χ3n) is 25.5. The van der Waals surface area contributed by atoms with Gasteiger partial charge in [0.1, 0.15) is 16.8 Å². The number of nitrogens with zero attached hydrogens (tertiary/aromatic N) is 5. The van der Waals surface area contributed by atoms with Gasteiger partial charge in [-0.1, -0.05) is 327 Å². The molecule has 2 unspecified atom stereocenters. The van der Waals surface area contributed by atoms with Gasteiger partial charge in [-0.15, -0.1) is 0 Å². The summed E-state index contributed by atoms with van der Waals surface area (Å²) >= 11 is 3.50. The molecule has 5 N–H and O–H groups in total. The zero-order valence-corrected chi connectivity index (χ0v) is 71.3. The number of aryl methyl sites for hydroxylation is 1. The van der Waals surface area contributed by atoms with Crippen LogP contribution in [0.15, 0.2) is 314 Å². The molecular weight excluding hydrogens is 1520 g/mol. The maximum atomic E-state index is 12.0. The molecule has 0 radical (unpaired) electrons. The summed E-state index contributed by atoms with van der Waals surface area (Å²) in [6.45, 7) is 20.9. The second-order valence-electron chi connectivity index (χ2n) is 34.2. The van der Waals surface area contributed by atoms with Crippen LogP contribution in [0, 0.1) is 40.7 Å². The highest BCUT2D eigenvalue weighted by atomic mass is 79.9. The van der Waals surface area contributed by atoms with Gasteiger partial charge in [-0.05, 0) is 257 Å². The molecule has 11 aromatic carbocycles. The Balaban J connectivity index is 0.000000145. The maximum Gasteiger partial charge on any atom is 0.269 e. The van der Waals surface area contributed by atoms with E-state index >= 15 is 0 Å². The molecule has 2 atom stereocenters. The van der Waals surface area contributed by atoms with Crippen molar-refractivity contribution in [1.29, 1.82) is 0 Å². The monoisotopic (exact) mass is 1650 g/mol. The average Bonchev–Trinajstić information content (AvgIpc) is 0.777. The number of nitro groups is 1. The smallest absolute Gasteiger partial charge is 0.269 e. The van der Waals surface area contributed by atoms with Crippen LogP contribution in [0.1, 0.15) is 170 Å². The minimum atomic E-state index is -0.993. The first kappa shape index (κ1) is 88.2. The Morgan fingerprint density at radius 3 is 0.966 bits per heavy atom. The summed E-state index contributed by atoms with van der Waals surface area (Å²) in [5, 5.41) is 67.9. The number of benzene rings is 11. The lowest BCUT2D eigenvalue weighted by molar-refractivity contribution is -0.384. The first-order chi connectivity index (χ1) is 57.2. The Bertz CT molecular complexity index is 4420. The second-order valence-corrected chi connectivity index (χ2v) is 35.1. The molecule has 0 saturated carbocycles. The Hall–Kier alpha value is -9.06. The molecule has 0 aliphatic carbocycles. The van der Waals surface area contributed by atoms with Gasteiger partial charge in [-0.3, -0.25) is 10.1 Å². The molecule has 4 heterocycles. The molecule has 11 aromatic rings. The van der Waals surface area contributed by atoms with Crippen LogP contribution in [0.2, 0.25) is 0 Å². The van der Waals surface area contributed by atoms with E-state index in [4.69, 9.17) is 0 Å². The molecule has 0 amide bonds. The number of nitro benzene ring substituents is 1. The van der Waals surface area contributed by atoms with E-state index in [1.807, 2.05) is 176 Å². The van der Waals surface area contributed by atoms with Crippen molar-refractivity contribution in [2.75, 3.05) is 78.5 Å². The molecule has 4 saturated heterocycles. The molecule has 0 bridgehead atoms. The number of non-ortho nitro benzene ring substituents is 1. The minimum Gasteiger partial charge on any atom is -0.388 e. The number of piperidine rings is 4. The lowest BCUT2D eigenvalue weighted by Crippen LogP contribution is -2.44. The molecule has 13 heteroatoms. The summed E-state index contributed by atoms with van der Waals surface area (Å²) in [5.74, 6) is 0.938. The number of rotatable bonds is 26. The van der Waals surface area contributed by atoms with Crippen molar-refractivity contribution in [3.63, 3.8) is 0 Å². The lowest BCUT2D eigenvalue weighted by Gasteiger charge is -2.42. The zero-order valence-electron chi connectivity index (χ0n) is 69.8. The standard InChI is InChI=1S/C27H31NO.C26H28BrNO.C26H28N2O3.C26H37NO2/c1-22-12-14-23(15-13-22)16-19-28-20-17-26(18-21-28)27(29,24-8-4-2-5-9-24)25-10-6-3-7-11-25;27-25-13-11-21(12-14-25)15-18-28-19-16-24(17-20-28)26(29,22-7-3-1-4-8-22)23-9-5-2-6-10-23;29-26(22-7-3-1-4-8-22,23-9-5-2-6-10-23)24-16-19-27(20-17-24)18-15-21-11-13-25(14-12-21)28(30)31;1-26(2,3)23-13-11-20(12-14-23)24(28)10-7-17-27-18-15-22(16-19-27)25(29)21-8-5-4-6-9-21/h2-15,26,29H,16-21H2,1H3;1-14,24,29H,15-20H2;1-14,24,29H,15-20H2;4-6,8-9,11-14,22,24-25,28-29H,7,10,15-19H2,1-3H3. The predicted octanol–water partition coefficient (Wildman–Crippen LogP) is 20.9. The van der Waals surface area contributed by atoms with Crippen molar-refractivity contribution in [1.82, 2.24) is 19.6 Å². The summed E-state index contributed by atoms with van der Waals surface area (Å²) in [5.41, 5.74) is 11.9. The van der Waals surface area contributed by atoms with E-state index in [2.05, 4.69) is 185 Å². The van der Waals surface area contributed by atoms with E-state index in [0.29, 0.717) is 5.92 Å². The van der Waals surface area contributed by atoms with Gasteiger partial charge >= 0.3 is 0 Å². The molecule has 4 aliphatic rings. The third-order valence-corrected chi connectivity index (χ3v) is 26.0. The normalized spacial score (nSPS) is 16.6. The van der Waals surface area contributed by atoms with Gasteiger partial charge in [0.25, 0.3) is 5.69 Å². The van der Waals surface area contributed by atoms with Crippen LogP contribution in [0.4, 0.5) is 5.69 Å². The highest BCUT2D eigenvalue weighted by molar-refractivity contribution is 9.10. The molecular formula is C105H124BrN5O7. The number of aliphatic hydroxyl groups is 5. The van der Waals surface area contributed by atoms with Crippen LogP contribution in [0.3, 0.4) is 0 Å². The summed E-state index contributed by atoms with van der Waals surface area (Å²) in [6.07, 6.45) is 12.0. The Labute approximate surface area is 711 Å². The van der Waals surface area contributed by atoms with Crippen molar-refractivity contribution < 1.29 is 30.5 Å². The Kier molecular flexibility index (Phi) is 32.3. The predicted molar refractivity (Wildman–Crippen MR) is 485 cm³/mol. The molecule has 0 spiro atoms. The fourth-order valence-electron chi connectivity index (χ4n) is 18.1. The minimum absolute atomic E-state index is 0.130. The van der Waals surface area contributed by atoms with Gasteiger partial charge in [-0.2, -0.15) is 0 Å². The Morgan fingerprint density at radius 1 is 0.364 bits per heavy atom. The van der Waals surface area contributed by atoms with Crippen molar-refractivity contribution in [3.05, 3.63) is 396 Å². The topological polar surface area (TPSA) is 157 Å². The molecule has 118 heavy (non-hydrogen) atoms. The first-order valence-corrected chi connectivity index (χ1v) is 44.0. The van der Waals surface area contributed by atoms with Crippen LogP contribution in [0.5, 0.6) is 0 Å². The summed E-state index contributed by atoms with van der Waals surface area (Å²) in [7, 11) is 0. The molecule has 15 rings (SSSR count). The van der Waals surface area contributed by atoms with Gasteiger partial charge in [0, 0.05) is 36.2 Å². The second kappa shape index (κ2) is 43.3. The van der Waals surface area contributed by atoms with Crippen LogP contribution < -0.4 is 0 Å². The summed E-state index contributed by atoms with van der Waals surface area (Å²) in [4.78, 5) is 20.4. The van der Waals surface area contributed by atoms with Crippen LogP contribution in [-0.4, -0.2) is 129 Å². The number of likely N-dealkylation sites (tertiary alicyclic amines) is 4. The summed E-state index contributed by atoms with van der Waals surface area (Å²) in [6, 6.07) is 104. The van der Waals surface area contributed by atoms with Crippen LogP contribution in [0.25, 0.3) is 0 Å². The van der Waals surface area contributed by atoms with Crippen LogP contribution >= 0.6 is 15.9 Å². The average molecular weight is 1650 g/mol. The van der Waals surface area contributed by atoms with Crippen molar-refractivity contribution in [2.24, 2.45) is 23.7 Å². The fraction of sp³-hybridized carbons (Fsp3) is 0.371. The van der Waals surface area contributed by atoms with E-state index in [9.17, 15) is 35.6 Å². The highest BCUT2D eigenvalue weighted by Gasteiger charge is 2.44. The van der Waals surface area contributed by atoms with Gasteiger partial charge in [0.2, 0.25) is 0 Å². The van der Waals surface area contributed by atoms with Crippen molar-refractivity contribution >= 4 is 21.6 Å². The zero-order chi connectivity index (χ0) is 82.8. The van der Waals surface area contributed by atoms with Crippen LogP contribution in [-0.2, 0) is 41.5 Å². The number of hydrogen-bond donors (Lipinski definition) is 5. The van der Waals surface area contributed by atoms with E-state index in [1.165, 1.54) is 22.3 Å². The van der Waals surface area contributed by atoms with Crippen molar-refractivity contribution in [2.45, 2.75) is 146 Å². The van der Waals surface area contributed by atoms with E-state index in [-0.39, 0.29) is 46.0 Å². The molecule has 4 aliphatic heterocycles. The maximum absolute atomic E-state index is 12.0. The fourth-order valence-corrected chi connectivity index (χ4v) is 18.4. The van der Waals surface area contributed by atoms with Gasteiger partial charge in [0.05, 0.1) is 17.1 Å². The number of hydrogen-bond acceptors (Lipinski definition) is 11. The summed E-state index contributed by atoms with van der Waals surface area (Å²) < 4.78 is 1.13. The molecule has 4 fully saturated rings. The number of aliphatic hydroxyl groups excluding tert-OH is 2. The SMILES string of the molecule is CC(C)(C)c1ccc(C(O)CCCN2CCC(C(O)c3ccccc3)CC2)cc1.Cc1ccc(CCN2CCC(C(O)(c3ccccc3)c3ccccc3)CC2)cc1.O=[N+]([O-])c1ccc(CCN2CCC(C(O)(c3ccccc3)c3ccccc3)CC2)cc1.OC(c1ccccc1)(c1ccccc1)C1CCN(CCc2ccc(Br)cc2)CC1. The van der Waals surface area contributed by atoms with Gasteiger partial charge < -0.3 is 45.1 Å². The van der Waals surface area contributed by atoms with E-state index < -0.39 is 16.8 Å². The van der Waals surface area contributed by atoms with Crippen molar-refractivity contribution in [3.8, 4) is 0 Å². The molecule has 0 aromatic heterocycles. The van der Waals surface area contributed by atoms with Gasteiger partial charge in [0.15, 0.2) is 0 Å². The third kappa shape index (κ3) is 23.9. The quantitative estimate of drug-likeness (QED) is 0.0260. The van der Waals surface area contributed by atoms with E-state index in [1.54, 1.807) is 12.1 Å². The lowest BCUT2D eigenvalue weighted by atomic mass is 9.72. The largest absolute Gasteiger partial charge is 0.388 e.